The predicted octanol–water partition coefficient (Wildman–Crippen LogP) is 14.4. The van der Waals surface area contributed by atoms with Crippen LogP contribution in [-0.4, -0.2) is 16.1 Å². The average Bonchev–Trinajstić information content (AvgIpc) is 3.69. The molecule has 10 aromatic rings. The van der Waals surface area contributed by atoms with Gasteiger partial charge in [-0.15, -0.1) is 0 Å². The predicted molar refractivity (Wildman–Crippen MR) is 283 cm³/mol. The number of benzene rings is 10. The van der Waals surface area contributed by atoms with Gasteiger partial charge in [0.15, 0.2) is 0 Å². The third-order valence-corrected chi connectivity index (χ3v) is 23.8. The Bertz CT molecular complexity index is 3580. The van der Waals surface area contributed by atoms with Crippen molar-refractivity contribution in [3.05, 3.63) is 180 Å². The molecule has 66 heavy (non-hydrogen) atoms. The smallest absolute Gasteiger partial charge is 0.135 e. The second-order valence-corrected chi connectivity index (χ2v) is 30.3. The molecule has 2 nitrogen and oxygen atoms in total. The van der Waals surface area contributed by atoms with Crippen LogP contribution in [0.5, 0.6) is 23.0 Å². The summed E-state index contributed by atoms with van der Waals surface area (Å²) in [6.45, 7) is 19.4. The fourth-order valence-corrected chi connectivity index (χ4v) is 18.7. The van der Waals surface area contributed by atoms with Crippen molar-refractivity contribution in [2.24, 2.45) is 0 Å². The number of hydrogen-bond acceptors (Lipinski definition) is 2. The molecular weight excluding hydrogens is 833 g/mol. The molecule has 0 saturated carbocycles. The van der Waals surface area contributed by atoms with Gasteiger partial charge in [0, 0.05) is 22.0 Å². The number of ether oxygens (including phenoxy) is 2. The molecule has 0 spiro atoms. The topological polar surface area (TPSA) is 18.5 Å². The van der Waals surface area contributed by atoms with Crippen molar-refractivity contribution in [3.8, 4) is 67.5 Å². The van der Waals surface area contributed by atoms with Gasteiger partial charge in [0.25, 0.3) is 0 Å². The minimum absolute atomic E-state index is 0.178. The van der Waals surface area contributed by atoms with Gasteiger partial charge in [-0.25, -0.2) is 0 Å². The minimum atomic E-state index is -1.97. The van der Waals surface area contributed by atoms with Crippen molar-refractivity contribution in [2.45, 2.75) is 64.7 Å². The lowest BCUT2D eigenvalue weighted by Crippen LogP contribution is -2.56. The molecule has 2 aliphatic carbocycles. The summed E-state index contributed by atoms with van der Waals surface area (Å²) < 4.78 is 13.8. The molecular formula is C62H50O2Si2. The fraction of sp³-hybridized carbons (Fsp3) is 0.161. The van der Waals surface area contributed by atoms with Crippen molar-refractivity contribution in [1.29, 1.82) is 0 Å². The van der Waals surface area contributed by atoms with Crippen LogP contribution in [0.15, 0.2) is 158 Å². The SMILES string of the molecule is CC1(C)c2cc(-c3ccc4ccc5c(-c6ccc7c(c6)C(C)(C)c6ccc8c(c6-7)Oc6ccccc6[Si]8(C)C)ccc6ccc3c4c65)ccc2-c2c1ccc1c2Oc2ccccc2[Si]1(C)C. The molecule has 2 heterocycles. The van der Waals surface area contributed by atoms with Crippen LogP contribution in [0.1, 0.15) is 49.9 Å². The van der Waals surface area contributed by atoms with Gasteiger partial charge in [-0.3, -0.25) is 0 Å². The van der Waals surface area contributed by atoms with E-state index in [2.05, 4.69) is 212 Å². The van der Waals surface area contributed by atoms with Gasteiger partial charge in [-0.2, -0.15) is 0 Å². The maximum Gasteiger partial charge on any atom is 0.135 e. The van der Waals surface area contributed by atoms with E-state index in [0.717, 1.165) is 23.0 Å². The molecule has 4 aliphatic rings. The summed E-state index contributed by atoms with van der Waals surface area (Å²) in [7, 11) is -3.93. The van der Waals surface area contributed by atoms with E-state index >= 15 is 0 Å². The first-order chi connectivity index (χ1) is 31.7. The summed E-state index contributed by atoms with van der Waals surface area (Å²) in [6, 6.07) is 60.1. The van der Waals surface area contributed by atoms with Gasteiger partial charge in [-0.05, 0) is 133 Å². The first-order valence-corrected chi connectivity index (χ1v) is 29.7. The Morgan fingerprint density at radius 3 is 1.20 bits per heavy atom. The number of fused-ring (bicyclic) bond motifs is 12. The summed E-state index contributed by atoms with van der Waals surface area (Å²) >= 11 is 0. The van der Waals surface area contributed by atoms with Crippen molar-refractivity contribution in [3.63, 3.8) is 0 Å². The number of para-hydroxylation sites is 2. The lowest BCUT2D eigenvalue weighted by Gasteiger charge is -2.34. The van der Waals surface area contributed by atoms with E-state index in [1.807, 2.05) is 0 Å². The van der Waals surface area contributed by atoms with Crippen LogP contribution in [0.2, 0.25) is 26.2 Å². The summed E-state index contributed by atoms with van der Waals surface area (Å²) in [4.78, 5) is 0. The van der Waals surface area contributed by atoms with E-state index in [4.69, 9.17) is 9.47 Å². The van der Waals surface area contributed by atoms with Crippen molar-refractivity contribution in [1.82, 2.24) is 0 Å². The first-order valence-electron chi connectivity index (χ1n) is 23.7. The molecule has 318 valence electrons. The molecule has 14 rings (SSSR count). The summed E-state index contributed by atoms with van der Waals surface area (Å²) in [5.41, 5.74) is 15.3. The number of rotatable bonds is 2. The fourth-order valence-electron chi connectivity index (χ4n) is 13.1. The minimum Gasteiger partial charge on any atom is -0.457 e. The lowest BCUT2D eigenvalue weighted by molar-refractivity contribution is 0.487. The van der Waals surface area contributed by atoms with E-state index in [1.54, 1.807) is 0 Å². The van der Waals surface area contributed by atoms with Gasteiger partial charge in [0.05, 0.1) is 0 Å². The van der Waals surface area contributed by atoms with Crippen LogP contribution >= 0.6 is 0 Å². The molecule has 4 heteroatoms. The Morgan fingerprint density at radius 1 is 0.364 bits per heavy atom. The second kappa shape index (κ2) is 12.6. The first kappa shape index (κ1) is 38.5. The van der Waals surface area contributed by atoms with Crippen molar-refractivity contribution >= 4 is 69.2 Å². The normalized spacial score (nSPS) is 16.9. The highest BCUT2D eigenvalue weighted by Gasteiger charge is 2.45. The van der Waals surface area contributed by atoms with Crippen LogP contribution in [0.25, 0.3) is 76.8 Å². The van der Waals surface area contributed by atoms with Crippen molar-refractivity contribution < 1.29 is 9.47 Å². The second-order valence-electron chi connectivity index (χ2n) is 21.6. The summed E-state index contributed by atoms with van der Waals surface area (Å²) in [5.74, 6) is 4.18. The van der Waals surface area contributed by atoms with Gasteiger partial charge in [-0.1, -0.05) is 187 Å². The zero-order valence-corrected chi connectivity index (χ0v) is 40.8. The highest BCUT2D eigenvalue weighted by Crippen LogP contribution is 2.56. The Kier molecular flexibility index (Phi) is 7.34. The number of hydrogen-bond donors (Lipinski definition) is 0. The van der Waals surface area contributed by atoms with Crippen molar-refractivity contribution in [2.75, 3.05) is 0 Å². The van der Waals surface area contributed by atoms with Gasteiger partial charge in [0.1, 0.15) is 39.1 Å². The van der Waals surface area contributed by atoms with E-state index in [1.165, 1.54) is 120 Å². The Balaban J connectivity index is 0.893. The van der Waals surface area contributed by atoms with E-state index in [-0.39, 0.29) is 10.8 Å². The largest absolute Gasteiger partial charge is 0.457 e. The average molecular weight is 883 g/mol. The van der Waals surface area contributed by atoms with Crippen LogP contribution in [0, 0.1) is 0 Å². The maximum absolute atomic E-state index is 6.90. The molecule has 0 aromatic heterocycles. The Hall–Kier alpha value is -6.73. The third-order valence-electron chi connectivity index (χ3n) is 16.8. The highest BCUT2D eigenvalue weighted by atomic mass is 28.3. The molecule has 0 fully saturated rings. The monoisotopic (exact) mass is 882 g/mol. The molecule has 10 aromatic carbocycles. The van der Waals surface area contributed by atoms with Gasteiger partial charge >= 0.3 is 0 Å². The summed E-state index contributed by atoms with van der Waals surface area (Å²) in [6.07, 6.45) is 0. The quantitative estimate of drug-likeness (QED) is 0.127. The molecule has 0 atom stereocenters. The standard InChI is InChI=1S/C62H50O2Si2/c1-61(2)45-29-31-53-59(63-49-13-9-11-15-51(49)65(53,5)6)57(45)43-27-21-37(33-47(43)61)39-23-17-35-20-26-42-40(24-18-36-19-25-41(39)55(35)56(36)42)38-22-28-44-48(34-38)62(3,4)46-30-32-54-60(58(44)46)64-50-14-10-12-16-52(50)66(54,7)8/h9-34H,1-8H3. The van der Waals surface area contributed by atoms with E-state index in [0.29, 0.717) is 0 Å². The molecule has 0 N–H and O–H groups in total. The zero-order valence-electron chi connectivity index (χ0n) is 38.8. The highest BCUT2D eigenvalue weighted by molar-refractivity contribution is 7.02. The zero-order chi connectivity index (χ0) is 44.8. The Morgan fingerprint density at radius 2 is 0.758 bits per heavy atom. The van der Waals surface area contributed by atoms with Crippen LogP contribution < -0.4 is 30.2 Å². The van der Waals surface area contributed by atoms with Gasteiger partial charge in [0.2, 0.25) is 0 Å². The lowest BCUT2D eigenvalue weighted by atomic mass is 9.80. The third kappa shape index (κ3) is 4.76. The van der Waals surface area contributed by atoms with Crippen LogP contribution in [0.3, 0.4) is 0 Å². The van der Waals surface area contributed by atoms with E-state index < -0.39 is 16.1 Å². The summed E-state index contributed by atoms with van der Waals surface area (Å²) in [5, 5.41) is 13.3. The van der Waals surface area contributed by atoms with Gasteiger partial charge < -0.3 is 9.47 Å². The van der Waals surface area contributed by atoms with E-state index in [9.17, 15) is 0 Å². The molecule has 0 unspecified atom stereocenters. The maximum atomic E-state index is 6.90. The molecule has 2 aliphatic heterocycles. The van der Waals surface area contributed by atoms with Crippen LogP contribution in [0.4, 0.5) is 0 Å². The van der Waals surface area contributed by atoms with Crippen LogP contribution in [-0.2, 0) is 10.8 Å². The molecule has 0 amide bonds. The Labute approximate surface area is 388 Å². The molecule has 0 saturated heterocycles. The molecule has 0 radical (unpaired) electrons. The molecule has 0 bridgehead atoms.